The Morgan fingerprint density at radius 3 is 2.66 bits per heavy atom. The van der Waals surface area contributed by atoms with E-state index in [1.165, 1.54) is 19.4 Å². The molecule has 3 fully saturated rings. The average molecular weight is 463 g/mol. The number of hydrogen-bond acceptors (Lipinski definition) is 4. The average Bonchev–Trinajstić information content (AvgIpc) is 3.00. The van der Waals surface area contributed by atoms with Crippen LogP contribution in [0.25, 0.3) is 0 Å². The number of halogens is 1. The van der Waals surface area contributed by atoms with Crippen LogP contribution in [-0.4, -0.2) is 34.0 Å². The second-order valence-electron chi connectivity index (χ2n) is 10.9. The first-order valence-electron chi connectivity index (χ1n) is 12.5. The maximum Gasteiger partial charge on any atom is 0.303 e. The van der Waals surface area contributed by atoms with Crippen LogP contribution in [0.4, 0.5) is 4.39 Å². The standard InChI is InChI=1S/C27H39FO3S/c1-6-8-13-26(32-7-2)15-12-21-22-10-9-19-16-20(30)11-14-24(19,4)27(22,28)23(31-18(3)29)17-25(21,26)5/h11,14,16,21-23H,6-10,12-13,15,17H2,1-5H3/t21-,22-,23-,24-,25-,26?,27?/m0/s1. The summed E-state index contributed by atoms with van der Waals surface area (Å²) in [7, 11) is 0. The molecule has 2 unspecified atom stereocenters. The zero-order valence-corrected chi connectivity index (χ0v) is 21.2. The smallest absolute Gasteiger partial charge is 0.303 e. The number of carbonyl (C=O) groups is 2. The molecular formula is C27H39FO3S. The van der Waals surface area contributed by atoms with Gasteiger partial charge in [0.1, 0.15) is 6.10 Å². The van der Waals surface area contributed by atoms with Gasteiger partial charge in [-0.05, 0) is 74.7 Å². The summed E-state index contributed by atoms with van der Waals surface area (Å²) in [5, 5.41) is 0. The van der Waals surface area contributed by atoms with Crippen LogP contribution in [0.15, 0.2) is 23.8 Å². The van der Waals surface area contributed by atoms with Crippen molar-refractivity contribution >= 4 is 23.5 Å². The van der Waals surface area contributed by atoms with Crippen LogP contribution in [0, 0.1) is 22.7 Å². The quantitative estimate of drug-likeness (QED) is 0.417. The molecular weight excluding hydrogens is 423 g/mol. The molecule has 7 atom stereocenters. The van der Waals surface area contributed by atoms with Crippen LogP contribution in [-0.2, 0) is 14.3 Å². The summed E-state index contributed by atoms with van der Waals surface area (Å²) in [5.74, 6) is 0.656. The van der Waals surface area contributed by atoms with Crippen molar-refractivity contribution in [1.29, 1.82) is 0 Å². The number of ether oxygens (including phenoxy) is 1. The fraction of sp³-hybridized carbons (Fsp3) is 0.778. The molecule has 0 spiro atoms. The fourth-order valence-electron chi connectivity index (χ4n) is 8.04. The second-order valence-corrected chi connectivity index (χ2v) is 12.6. The molecule has 4 rings (SSSR count). The first-order chi connectivity index (χ1) is 15.1. The number of alkyl halides is 1. The first kappa shape index (κ1) is 24.0. The lowest BCUT2D eigenvalue weighted by molar-refractivity contribution is -0.211. The number of ketones is 1. The number of hydrogen-bond donors (Lipinski definition) is 0. The van der Waals surface area contributed by atoms with Gasteiger partial charge in [0.2, 0.25) is 0 Å². The van der Waals surface area contributed by atoms with Crippen molar-refractivity contribution < 1.29 is 18.7 Å². The van der Waals surface area contributed by atoms with Gasteiger partial charge in [-0.2, -0.15) is 11.8 Å². The molecule has 3 saturated carbocycles. The van der Waals surface area contributed by atoms with Gasteiger partial charge in [0.05, 0.1) is 0 Å². The minimum atomic E-state index is -1.69. The number of thioether (sulfide) groups is 1. The number of esters is 1. The third-order valence-corrected chi connectivity index (χ3v) is 11.3. The molecule has 0 aromatic carbocycles. The van der Waals surface area contributed by atoms with Gasteiger partial charge in [0.15, 0.2) is 11.5 Å². The Kier molecular flexibility index (Phi) is 6.22. The molecule has 32 heavy (non-hydrogen) atoms. The third kappa shape index (κ3) is 3.20. The van der Waals surface area contributed by atoms with Gasteiger partial charge in [0, 0.05) is 23.0 Å². The summed E-state index contributed by atoms with van der Waals surface area (Å²) >= 11 is 2.06. The predicted molar refractivity (Wildman–Crippen MR) is 128 cm³/mol. The van der Waals surface area contributed by atoms with Crippen LogP contribution < -0.4 is 0 Å². The minimum Gasteiger partial charge on any atom is -0.459 e. The lowest BCUT2D eigenvalue weighted by Crippen LogP contribution is -2.68. The monoisotopic (exact) mass is 462 g/mol. The SMILES string of the molecule is CCCCC1(SCC)CC[C@H]2[C@@H]3CCC4=CC(=O)C=C[C@]4(C)C3(F)[C@@H](OC(C)=O)C[C@@]21C. The molecule has 0 radical (unpaired) electrons. The minimum absolute atomic E-state index is 0.0667. The van der Waals surface area contributed by atoms with Crippen molar-refractivity contribution in [2.45, 2.75) is 103 Å². The molecule has 0 amide bonds. The number of unbranched alkanes of at least 4 members (excludes halogenated alkanes) is 1. The topological polar surface area (TPSA) is 43.4 Å². The highest BCUT2D eigenvalue weighted by atomic mass is 32.2. The van der Waals surface area contributed by atoms with Gasteiger partial charge in [-0.3, -0.25) is 9.59 Å². The van der Waals surface area contributed by atoms with E-state index in [2.05, 4.69) is 32.5 Å². The molecule has 3 nitrogen and oxygen atoms in total. The molecule has 0 saturated heterocycles. The number of fused-ring (bicyclic) bond motifs is 5. The maximum absolute atomic E-state index is 17.7. The van der Waals surface area contributed by atoms with E-state index in [1.807, 2.05) is 6.92 Å². The molecule has 4 aliphatic rings. The molecule has 0 aromatic heterocycles. The van der Waals surface area contributed by atoms with E-state index in [0.29, 0.717) is 6.42 Å². The Bertz CT molecular complexity index is 852. The summed E-state index contributed by atoms with van der Waals surface area (Å²) < 4.78 is 23.7. The molecule has 4 aliphatic carbocycles. The predicted octanol–water partition coefficient (Wildman–Crippen LogP) is 6.61. The maximum atomic E-state index is 17.7. The molecule has 0 aromatic rings. The molecule has 0 heterocycles. The van der Waals surface area contributed by atoms with E-state index in [-0.39, 0.29) is 27.8 Å². The summed E-state index contributed by atoms with van der Waals surface area (Å²) in [6.07, 6.45) is 11.8. The van der Waals surface area contributed by atoms with Crippen LogP contribution >= 0.6 is 11.8 Å². The van der Waals surface area contributed by atoms with Crippen molar-refractivity contribution in [1.82, 2.24) is 0 Å². The Balaban J connectivity index is 1.83. The van der Waals surface area contributed by atoms with Crippen molar-refractivity contribution in [3.8, 4) is 0 Å². The Hall–Kier alpha value is -1.10. The van der Waals surface area contributed by atoms with E-state index < -0.39 is 23.2 Å². The molecule has 0 N–H and O–H groups in total. The Morgan fingerprint density at radius 2 is 2.00 bits per heavy atom. The van der Waals surface area contributed by atoms with E-state index in [0.717, 1.165) is 49.9 Å². The van der Waals surface area contributed by atoms with Crippen LogP contribution in [0.3, 0.4) is 0 Å². The fourth-order valence-corrected chi connectivity index (χ4v) is 9.71. The van der Waals surface area contributed by atoms with Gasteiger partial charge in [-0.15, -0.1) is 0 Å². The van der Waals surface area contributed by atoms with Crippen LogP contribution in [0.2, 0.25) is 0 Å². The van der Waals surface area contributed by atoms with Gasteiger partial charge in [-0.1, -0.05) is 45.3 Å². The first-order valence-corrected chi connectivity index (χ1v) is 13.5. The highest BCUT2D eigenvalue weighted by Crippen LogP contribution is 2.73. The van der Waals surface area contributed by atoms with E-state index >= 15 is 4.39 Å². The summed E-state index contributed by atoms with van der Waals surface area (Å²) in [4.78, 5) is 24.3. The van der Waals surface area contributed by atoms with Crippen LogP contribution in [0.1, 0.15) is 86.0 Å². The van der Waals surface area contributed by atoms with Crippen molar-refractivity contribution in [2.24, 2.45) is 22.7 Å². The van der Waals surface area contributed by atoms with E-state index in [9.17, 15) is 9.59 Å². The highest BCUT2D eigenvalue weighted by Gasteiger charge is 2.73. The van der Waals surface area contributed by atoms with E-state index in [1.54, 1.807) is 12.2 Å². The summed E-state index contributed by atoms with van der Waals surface area (Å²) in [6, 6.07) is 0. The second kappa shape index (κ2) is 8.29. The lowest BCUT2D eigenvalue weighted by atomic mass is 9.45. The van der Waals surface area contributed by atoms with Crippen LogP contribution in [0.5, 0.6) is 0 Å². The Labute approximate surface area is 197 Å². The zero-order valence-electron chi connectivity index (χ0n) is 20.3. The van der Waals surface area contributed by atoms with Gasteiger partial charge in [-0.25, -0.2) is 4.39 Å². The van der Waals surface area contributed by atoms with Crippen molar-refractivity contribution in [3.63, 3.8) is 0 Å². The Morgan fingerprint density at radius 1 is 1.25 bits per heavy atom. The largest absolute Gasteiger partial charge is 0.459 e. The van der Waals surface area contributed by atoms with Gasteiger partial charge in [0.25, 0.3) is 0 Å². The zero-order chi connectivity index (χ0) is 23.4. The van der Waals surface area contributed by atoms with Gasteiger partial charge >= 0.3 is 5.97 Å². The number of rotatable bonds is 6. The number of carbonyl (C=O) groups excluding carboxylic acids is 2. The summed E-state index contributed by atoms with van der Waals surface area (Å²) in [5.41, 5.74) is -1.81. The molecule has 0 bridgehead atoms. The number of allylic oxidation sites excluding steroid dienone is 4. The van der Waals surface area contributed by atoms with Crippen molar-refractivity contribution in [3.05, 3.63) is 23.8 Å². The van der Waals surface area contributed by atoms with Crippen molar-refractivity contribution in [2.75, 3.05) is 5.75 Å². The third-order valence-electron chi connectivity index (χ3n) is 9.57. The summed E-state index contributed by atoms with van der Waals surface area (Å²) in [6.45, 7) is 10.2. The van der Waals surface area contributed by atoms with E-state index in [4.69, 9.17) is 4.74 Å². The highest BCUT2D eigenvalue weighted by molar-refractivity contribution is 8.00. The normalized spacial score (nSPS) is 45.0. The molecule has 5 heteroatoms. The lowest BCUT2D eigenvalue weighted by Gasteiger charge is -2.64. The van der Waals surface area contributed by atoms with Gasteiger partial charge < -0.3 is 4.74 Å². The molecule has 178 valence electrons. The molecule has 0 aliphatic heterocycles.